The molecule has 2 aromatic carbocycles. The van der Waals surface area contributed by atoms with Crippen LogP contribution in [-0.2, 0) is 18.6 Å². The molecule has 0 aliphatic rings. The van der Waals surface area contributed by atoms with E-state index in [1.165, 1.54) is 22.5 Å². The summed E-state index contributed by atoms with van der Waals surface area (Å²) in [7, 11) is 0. The van der Waals surface area contributed by atoms with Gasteiger partial charge in [0.1, 0.15) is 0 Å². The van der Waals surface area contributed by atoms with Crippen molar-refractivity contribution in [2.75, 3.05) is 0 Å². The van der Waals surface area contributed by atoms with Gasteiger partial charge in [-0.05, 0) is 17.5 Å². The SMILES string of the molecule is CCCc1nc(SCc2ccccc2)[nH]c1Cc1ccccc1. The second-order valence-electron chi connectivity index (χ2n) is 5.65. The average molecular weight is 322 g/mol. The van der Waals surface area contributed by atoms with E-state index in [1.807, 2.05) is 0 Å². The second-order valence-corrected chi connectivity index (χ2v) is 6.62. The number of rotatable bonds is 7. The molecular formula is C20H22N2S. The summed E-state index contributed by atoms with van der Waals surface area (Å²) in [6.45, 7) is 2.21. The summed E-state index contributed by atoms with van der Waals surface area (Å²) in [4.78, 5) is 8.36. The summed E-state index contributed by atoms with van der Waals surface area (Å²) in [5.74, 6) is 0.949. The van der Waals surface area contributed by atoms with Crippen LogP contribution < -0.4 is 0 Å². The first kappa shape index (κ1) is 15.9. The van der Waals surface area contributed by atoms with Gasteiger partial charge in [-0.1, -0.05) is 85.8 Å². The van der Waals surface area contributed by atoms with Crippen molar-refractivity contribution < 1.29 is 0 Å². The molecule has 0 saturated heterocycles. The maximum absolute atomic E-state index is 4.82. The molecule has 1 heterocycles. The lowest BCUT2D eigenvalue weighted by Crippen LogP contribution is -1.94. The molecule has 0 atom stereocenters. The summed E-state index contributed by atoms with van der Waals surface area (Å²) in [6.07, 6.45) is 3.08. The fourth-order valence-electron chi connectivity index (χ4n) is 2.60. The summed E-state index contributed by atoms with van der Waals surface area (Å²) < 4.78 is 0. The third-order valence-corrected chi connectivity index (χ3v) is 4.72. The Morgan fingerprint density at radius 2 is 1.57 bits per heavy atom. The van der Waals surface area contributed by atoms with Crippen LogP contribution in [0.25, 0.3) is 0 Å². The molecule has 118 valence electrons. The highest BCUT2D eigenvalue weighted by atomic mass is 32.2. The fourth-order valence-corrected chi connectivity index (χ4v) is 3.47. The number of benzene rings is 2. The highest BCUT2D eigenvalue weighted by Crippen LogP contribution is 2.23. The minimum atomic E-state index is 0.926. The number of hydrogen-bond donors (Lipinski definition) is 1. The van der Waals surface area contributed by atoms with Crippen molar-refractivity contribution in [1.29, 1.82) is 0 Å². The number of hydrogen-bond acceptors (Lipinski definition) is 2. The highest BCUT2D eigenvalue weighted by molar-refractivity contribution is 7.98. The van der Waals surface area contributed by atoms with E-state index in [-0.39, 0.29) is 0 Å². The number of imidazole rings is 1. The third-order valence-electron chi connectivity index (χ3n) is 3.77. The van der Waals surface area contributed by atoms with E-state index in [0.717, 1.165) is 30.2 Å². The van der Waals surface area contributed by atoms with Crippen LogP contribution in [0.2, 0.25) is 0 Å². The predicted octanol–water partition coefficient (Wildman–Crippen LogP) is 5.25. The molecule has 3 rings (SSSR count). The van der Waals surface area contributed by atoms with Gasteiger partial charge in [0, 0.05) is 17.9 Å². The van der Waals surface area contributed by atoms with Gasteiger partial charge >= 0.3 is 0 Å². The lowest BCUT2D eigenvalue weighted by atomic mass is 10.1. The predicted molar refractivity (Wildman–Crippen MR) is 97.8 cm³/mol. The minimum absolute atomic E-state index is 0.926. The van der Waals surface area contributed by atoms with E-state index in [1.54, 1.807) is 11.8 Å². The third kappa shape index (κ3) is 4.49. The van der Waals surface area contributed by atoms with Gasteiger partial charge in [0.2, 0.25) is 0 Å². The highest BCUT2D eigenvalue weighted by Gasteiger charge is 2.10. The largest absolute Gasteiger partial charge is 0.336 e. The van der Waals surface area contributed by atoms with Crippen molar-refractivity contribution in [3.8, 4) is 0 Å². The molecule has 0 spiro atoms. The topological polar surface area (TPSA) is 28.7 Å². The van der Waals surface area contributed by atoms with E-state index in [0.29, 0.717) is 0 Å². The molecule has 0 radical (unpaired) electrons. The van der Waals surface area contributed by atoms with Crippen LogP contribution in [0.1, 0.15) is 35.9 Å². The molecule has 0 fully saturated rings. The quantitative estimate of drug-likeness (QED) is 0.602. The van der Waals surface area contributed by atoms with Crippen molar-refractivity contribution in [3.63, 3.8) is 0 Å². The van der Waals surface area contributed by atoms with Crippen LogP contribution in [0, 0.1) is 0 Å². The Morgan fingerprint density at radius 1 is 0.913 bits per heavy atom. The Hall–Kier alpha value is -2.00. The van der Waals surface area contributed by atoms with Crippen molar-refractivity contribution in [2.45, 2.75) is 37.1 Å². The van der Waals surface area contributed by atoms with Crippen LogP contribution in [0.4, 0.5) is 0 Å². The molecule has 0 unspecified atom stereocenters. The second kappa shape index (κ2) is 8.02. The number of aromatic amines is 1. The lowest BCUT2D eigenvalue weighted by Gasteiger charge is -2.01. The minimum Gasteiger partial charge on any atom is -0.336 e. The Kier molecular flexibility index (Phi) is 5.54. The van der Waals surface area contributed by atoms with E-state index in [4.69, 9.17) is 4.98 Å². The van der Waals surface area contributed by atoms with Gasteiger partial charge in [-0.3, -0.25) is 0 Å². The molecule has 23 heavy (non-hydrogen) atoms. The lowest BCUT2D eigenvalue weighted by molar-refractivity contribution is 0.867. The van der Waals surface area contributed by atoms with Gasteiger partial charge < -0.3 is 4.98 Å². The zero-order valence-corrected chi connectivity index (χ0v) is 14.3. The number of nitrogens with one attached hydrogen (secondary N) is 1. The van der Waals surface area contributed by atoms with Crippen LogP contribution >= 0.6 is 11.8 Å². The summed E-state index contributed by atoms with van der Waals surface area (Å²) in [5.41, 5.74) is 5.13. The van der Waals surface area contributed by atoms with Crippen molar-refractivity contribution >= 4 is 11.8 Å². The molecule has 0 saturated carbocycles. The van der Waals surface area contributed by atoms with Gasteiger partial charge in [0.15, 0.2) is 5.16 Å². The van der Waals surface area contributed by atoms with Crippen LogP contribution in [-0.4, -0.2) is 9.97 Å². The van der Waals surface area contributed by atoms with E-state index < -0.39 is 0 Å². The van der Waals surface area contributed by atoms with Gasteiger partial charge in [0.05, 0.1) is 5.69 Å². The van der Waals surface area contributed by atoms with Crippen molar-refractivity contribution in [2.24, 2.45) is 0 Å². The summed E-state index contributed by atoms with van der Waals surface area (Å²) in [6, 6.07) is 21.1. The molecular weight excluding hydrogens is 300 g/mol. The number of H-pyrrole nitrogens is 1. The standard InChI is InChI=1S/C20H22N2S/c1-2-9-18-19(14-16-10-5-3-6-11-16)22-20(21-18)23-15-17-12-7-4-8-13-17/h3-8,10-13H,2,9,14-15H2,1H3,(H,21,22). The number of aromatic nitrogens is 2. The van der Waals surface area contributed by atoms with E-state index >= 15 is 0 Å². The Labute approximate surface area is 142 Å². The number of aryl methyl sites for hydroxylation is 1. The molecule has 3 heteroatoms. The number of nitrogens with zero attached hydrogens (tertiary/aromatic N) is 1. The van der Waals surface area contributed by atoms with Gasteiger partial charge in [-0.15, -0.1) is 0 Å². The molecule has 0 aliphatic heterocycles. The maximum atomic E-state index is 4.82. The molecule has 0 aliphatic carbocycles. The Morgan fingerprint density at radius 3 is 2.22 bits per heavy atom. The van der Waals surface area contributed by atoms with Crippen LogP contribution in [0.5, 0.6) is 0 Å². The first-order chi connectivity index (χ1) is 11.3. The van der Waals surface area contributed by atoms with Gasteiger partial charge in [0.25, 0.3) is 0 Å². The molecule has 1 aromatic heterocycles. The summed E-state index contributed by atoms with van der Waals surface area (Å²) >= 11 is 1.78. The fraction of sp³-hybridized carbons (Fsp3) is 0.250. The van der Waals surface area contributed by atoms with Crippen LogP contribution in [0.3, 0.4) is 0 Å². The van der Waals surface area contributed by atoms with Crippen molar-refractivity contribution in [3.05, 3.63) is 83.2 Å². The van der Waals surface area contributed by atoms with Gasteiger partial charge in [-0.2, -0.15) is 0 Å². The molecule has 0 bridgehead atoms. The molecule has 2 nitrogen and oxygen atoms in total. The Bertz CT molecular complexity index is 720. The molecule has 1 N–H and O–H groups in total. The van der Waals surface area contributed by atoms with Crippen molar-refractivity contribution in [1.82, 2.24) is 9.97 Å². The smallest absolute Gasteiger partial charge is 0.166 e. The maximum Gasteiger partial charge on any atom is 0.166 e. The van der Waals surface area contributed by atoms with Gasteiger partial charge in [-0.25, -0.2) is 4.98 Å². The molecule has 3 aromatic rings. The first-order valence-corrected chi connectivity index (χ1v) is 9.12. The first-order valence-electron chi connectivity index (χ1n) is 8.13. The molecule has 0 amide bonds. The average Bonchev–Trinajstić information content (AvgIpc) is 2.97. The van der Waals surface area contributed by atoms with E-state index in [9.17, 15) is 0 Å². The normalized spacial score (nSPS) is 10.8. The monoisotopic (exact) mass is 322 g/mol. The Balaban J connectivity index is 1.73. The summed E-state index contributed by atoms with van der Waals surface area (Å²) in [5, 5.41) is 1.03. The zero-order valence-electron chi connectivity index (χ0n) is 13.5. The zero-order chi connectivity index (χ0) is 15.9. The van der Waals surface area contributed by atoms with E-state index in [2.05, 4.69) is 72.6 Å². The van der Waals surface area contributed by atoms with Crippen LogP contribution in [0.15, 0.2) is 65.8 Å². The number of thioether (sulfide) groups is 1.